The number of nitrogens with two attached hydrogens (primary N) is 1. The average molecular weight is 272 g/mol. The van der Waals surface area contributed by atoms with Crippen molar-refractivity contribution in [3.63, 3.8) is 0 Å². The van der Waals surface area contributed by atoms with Gasteiger partial charge >= 0.3 is 6.18 Å². The van der Waals surface area contributed by atoms with E-state index in [1.807, 2.05) is 0 Å². The molecule has 0 aliphatic heterocycles. The van der Waals surface area contributed by atoms with Gasteiger partial charge in [0.1, 0.15) is 6.04 Å². The lowest BCUT2D eigenvalue weighted by Gasteiger charge is -2.17. The van der Waals surface area contributed by atoms with Crippen molar-refractivity contribution in [2.75, 3.05) is 0 Å². The van der Waals surface area contributed by atoms with Gasteiger partial charge in [-0.15, -0.1) is 0 Å². The van der Waals surface area contributed by atoms with E-state index in [0.29, 0.717) is 6.54 Å². The number of nitrogens with zero attached hydrogens (tertiary/aromatic N) is 2. The molecule has 2 N–H and O–H groups in total. The van der Waals surface area contributed by atoms with Crippen molar-refractivity contribution < 1.29 is 13.2 Å². The van der Waals surface area contributed by atoms with E-state index in [9.17, 15) is 13.2 Å². The first kappa shape index (κ1) is 11.5. The fourth-order valence-electron chi connectivity index (χ4n) is 1.09. The van der Waals surface area contributed by atoms with Crippen molar-refractivity contribution in [3.8, 4) is 0 Å². The first-order chi connectivity index (χ1) is 6.38. The van der Waals surface area contributed by atoms with Crippen LogP contribution in [0.5, 0.6) is 0 Å². The Hall–Kier alpha value is -0.560. The maximum absolute atomic E-state index is 12.3. The standard InChI is InChI=1S/C7H9BrF3N3/c1-2-14-5(4(8)3-13-14)6(12)7(9,10)11/h3,6H,2,12H2,1H3. The Morgan fingerprint density at radius 1 is 1.64 bits per heavy atom. The van der Waals surface area contributed by atoms with Crippen molar-refractivity contribution in [3.05, 3.63) is 16.4 Å². The summed E-state index contributed by atoms with van der Waals surface area (Å²) in [6, 6.07) is -2.00. The second kappa shape index (κ2) is 3.90. The molecule has 1 atom stereocenters. The maximum Gasteiger partial charge on any atom is 0.409 e. The van der Waals surface area contributed by atoms with Crippen molar-refractivity contribution in [1.29, 1.82) is 0 Å². The molecule has 0 aliphatic carbocycles. The molecule has 0 bridgehead atoms. The predicted molar refractivity (Wildman–Crippen MR) is 48.6 cm³/mol. The zero-order valence-corrected chi connectivity index (χ0v) is 8.93. The molecule has 3 nitrogen and oxygen atoms in total. The van der Waals surface area contributed by atoms with E-state index in [2.05, 4.69) is 21.0 Å². The minimum Gasteiger partial charge on any atom is -0.315 e. The molecule has 0 saturated carbocycles. The van der Waals surface area contributed by atoms with Crippen LogP contribution in [-0.4, -0.2) is 16.0 Å². The van der Waals surface area contributed by atoms with Crippen LogP contribution in [0, 0.1) is 0 Å². The normalized spacial score (nSPS) is 14.4. The zero-order valence-electron chi connectivity index (χ0n) is 7.35. The minimum absolute atomic E-state index is 0.0417. The smallest absolute Gasteiger partial charge is 0.315 e. The van der Waals surface area contributed by atoms with E-state index in [-0.39, 0.29) is 10.2 Å². The highest BCUT2D eigenvalue weighted by atomic mass is 79.9. The summed E-state index contributed by atoms with van der Waals surface area (Å²) < 4.78 is 38.5. The van der Waals surface area contributed by atoms with E-state index in [4.69, 9.17) is 5.73 Å². The predicted octanol–water partition coefficient (Wildman–Crippen LogP) is 2.23. The zero-order chi connectivity index (χ0) is 10.9. The second-order valence-electron chi connectivity index (χ2n) is 2.71. The van der Waals surface area contributed by atoms with Gasteiger partial charge in [0.25, 0.3) is 0 Å². The third kappa shape index (κ3) is 2.09. The molecule has 0 saturated heterocycles. The number of rotatable bonds is 2. The molecule has 1 rings (SSSR count). The lowest BCUT2D eigenvalue weighted by molar-refractivity contribution is -0.150. The van der Waals surface area contributed by atoms with Crippen LogP contribution in [0.3, 0.4) is 0 Å². The van der Waals surface area contributed by atoms with Crippen LogP contribution in [-0.2, 0) is 6.54 Å². The summed E-state index contributed by atoms with van der Waals surface area (Å²) >= 11 is 2.99. The molecule has 0 spiro atoms. The number of hydrogen-bond donors (Lipinski definition) is 1. The molecular formula is C7H9BrF3N3. The molecule has 0 aromatic carbocycles. The number of halogens is 4. The van der Waals surface area contributed by atoms with E-state index < -0.39 is 12.2 Å². The monoisotopic (exact) mass is 271 g/mol. The second-order valence-corrected chi connectivity index (χ2v) is 3.57. The SMILES string of the molecule is CCn1ncc(Br)c1C(N)C(F)(F)F. The quantitative estimate of drug-likeness (QED) is 0.897. The Morgan fingerprint density at radius 3 is 2.64 bits per heavy atom. The van der Waals surface area contributed by atoms with Crippen LogP contribution in [0.2, 0.25) is 0 Å². The van der Waals surface area contributed by atoms with Crippen molar-refractivity contribution in [2.24, 2.45) is 5.73 Å². The molecule has 1 heterocycles. The number of aryl methyl sites for hydroxylation is 1. The third-order valence-corrected chi connectivity index (χ3v) is 2.39. The Labute approximate surface area is 87.2 Å². The summed E-state index contributed by atoms with van der Waals surface area (Å²) in [6.45, 7) is 2.05. The van der Waals surface area contributed by atoms with Crippen molar-refractivity contribution >= 4 is 15.9 Å². The molecule has 7 heteroatoms. The molecule has 0 fully saturated rings. The number of alkyl halides is 3. The highest BCUT2D eigenvalue weighted by Crippen LogP contribution is 2.34. The molecule has 1 aromatic rings. The van der Waals surface area contributed by atoms with Gasteiger partial charge in [-0.3, -0.25) is 4.68 Å². The van der Waals surface area contributed by atoms with Gasteiger partial charge in [0.2, 0.25) is 0 Å². The van der Waals surface area contributed by atoms with Crippen LogP contribution < -0.4 is 5.73 Å². The van der Waals surface area contributed by atoms with Crippen LogP contribution in [0.15, 0.2) is 10.7 Å². The topological polar surface area (TPSA) is 43.8 Å². The first-order valence-electron chi connectivity index (χ1n) is 3.91. The molecule has 0 amide bonds. The number of aromatic nitrogens is 2. The molecule has 0 radical (unpaired) electrons. The highest BCUT2D eigenvalue weighted by molar-refractivity contribution is 9.10. The van der Waals surface area contributed by atoms with E-state index in [1.54, 1.807) is 6.92 Å². The largest absolute Gasteiger partial charge is 0.409 e. The van der Waals surface area contributed by atoms with Gasteiger partial charge in [-0.05, 0) is 22.9 Å². The Balaban J connectivity index is 3.11. The molecule has 1 unspecified atom stereocenters. The molecule has 80 valence electrons. The number of hydrogen-bond acceptors (Lipinski definition) is 2. The van der Waals surface area contributed by atoms with Crippen LogP contribution in [0.4, 0.5) is 13.2 Å². The van der Waals surface area contributed by atoms with Gasteiger partial charge in [0.15, 0.2) is 0 Å². The Kier molecular flexibility index (Phi) is 3.20. The molecule has 0 aliphatic rings. The Bertz CT molecular complexity index is 320. The summed E-state index contributed by atoms with van der Waals surface area (Å²) in [5.41, 5.74) is 5.04. The summed E-state index contributed by atoms with van der Waals surface area (Å²) in [5, 5.41) is 3.76. The molecule has 1 aromatic heterocycles. The summed E-state index contributed by atoms with van der Waals surface area (Å²) in [7, 11) is 0. The van der Waals surface area contributed by atoms with Gasteiger partial charge in [-0.1, -0.05) is 0 Å². The van der Waals surface area contributed by atoms with Gasteiger partial charge in [-0.25, -0.2) is 0 Å². The third-order valence-electron chi connectivity index (χ3n) is 1.78. The first-order valence-corrected chi connectivity index (χ1v) is 4.70. The van der Waals surface area contributed by atoms with E-state index in [0.717, 1.165) is 0 Å². The van der Waals surface area contributed by atoms with Crippen molar-refractivity contribution in [1.82, 2.24) is 9.78 Å². The van der Waals surface area contributed by atoms with Gasteiger partial charge in [0, 0.05) is 6.54 Å². The summed E-state index contributed by atoms with van der Waals surface area (Å²) in [4.78, 5) is 0. The van der Waals surface area contributed by atoms with E-state index >= 15 is 0 Å². The van der Waals surface area contributed by atoms with Gasteiger partial charge < -0.3 is 5.73 Å². The van der Waals surface area contributed by atoms with Gasteiger partial charge in [-0.2, -0.15) is 18.3 Å². The minimum atomic E-state index is -4.45. The maximum atomic E-state index is 12.3. The van der Waals surface area contributed by atoms with Crippen LogP contribution >= 0.6 is 15.9 Å². The highest BCUT2D eigenvalue weighted by Gasteiger charge is 2.40. The summed E-state index contributed by atoms with van der Waals surface area (Å²) in [6.07, 6.45) is -3.14. The fourth-order valence-corrected chi connectivity index (χ4v) is 1.63. The lowest BCUT2D eigenvalue weighted by Crippen LogP contribution is -2.31. The molecular weight excluding hydrogens is 263 g/mol. The van der Waals surface area contributed by atoms with Crippen LogP contribution in [0.1, 0.15) is 18.7 Å². The van der Waals surface area contributed by atoms with Gasteiger partial charge in [0.05, 0.1) is 16.4 Å². The summed E-state index contributed by atoms with van der Waals surface area (Å²) in [5.74, 6) is 0. The average Bonchev–Trinajstić information content (AvgIpc) is 2.43. The fraction of sp³-hybridized carbons (Fsp3) is 0.571. The van der Waals surface area contributed by atoms with Crippen LogP contribution in [0.25, 0.3) is 0 Å². The van der Waals surface area contributed by atoms with E-state index in [1.165, 1.54) is 10.9 Å². The molecule has 14 heavy (non-hydrogen) atoms. The Morgan fingerprint density at radius 2 is 2.21 bits per heavy atom. The van der Waals surface area contributed by atoms with Crippen molar-refractivity contribution in [2.45, 2.75) is 25.7 Å². The lowest BCUT2D eigenvalue weighted by atomic mass is 10.2.